The van der Waals surface area contributed by atoms with Gasteiger partial charge in [0.05, 0.1) is 0 Å². The van der Waals surface area contributed by atoms with Crippen LogP contribution in [-0.2, 0) is 28.6 Å². The maximum absolute atomic E-state index is 12.9. The first-order valence-electron chi connectivity index (χ1n) is 29.8. The topological polar surface area (TPSA) is 78.9 Å². The van der Waals surface area contributed by atoms with Crippen molar-refractivity contribution in [2.24, 2.45) is 11.8 Å². The summed E-state index contributed by atoms with van der Waals surface area (Å²) in [4.78, 5) is 38.2. The summed E-state index contributed by atoms with van der Waals surface area (Å²) in [5.74, 6) is 0.899. The van der Waals surface area contributed by atoms with Gasteiger partial charge in [-0.25, -0.2) is 0 Å². The molecule has 0 fully saturated rings. The molecule has 0 rings (SSSR count). The van der Waals surface area contributed by atoms with E-state index in [1.807, 2.05) is 0 Å². The van der Waals surface area contributed by atoms with Gasteiger partial charge in [0.2, 0.25) is 0 Å². The predicted molar refractivity (Wildman–Crippen MR) is 284 cm³/mol. The fraction of sp³-hybridized carbons (Fsp3) is 0.950. The van der Waals surface area contributed by atoms with E-state index in [1.165, 1.54) is 225 Å². The lowest BCUT2D eigenvalue weighted by atomic mass is 9.99. The normalized spacial score (nSPS) is 12.5. The van der Waals surface area contributed by atoms with E-state index in [9.17, 15) is 14.4 Å². The molecule has 0 saturated carbocycles. The fourth-order valence-electron chi connectivity index (χ4n) is 9.20. The zero-order chi connectivity index (χ0) is 48.2. The highest BCUT2D eigenvalue weighted by atomic mass is 16.6. The highest BCUT2D eigenvalue weighted by Crippen LogP contribution is 2.19. The highest BCUT2D eigenvalue weighted by molar-refractivity contribution is 5.71. The number of carbonyl (C=O) groups is 3. The van der Waals surface area contributed by atoms with Crippen molar-refractivity contribution in [2.45, 2.75) is 343 Å². The van der Waals surface area contributed by atoms with Crippen LogP contribution in [0.3, 0.4) is 0 Å². The van der Waals surface area contributed by atoms with Gasteiger partial charge in [-0.05, 0) is 31.1 Å². The Labute approximate surface area is 412 Å². The zero-order valence-corrected chi connectivity index (χ0v) is 45.3. The minimum absolute atomic E-state index is 0.0624. The predicted octanol–water partition coefficient (Wildman–Crippen LogP) is 19.7. The highest BCUT2D eigenvalue weighted by Gasteiger charge is 2.19. The number of rotatable bonds is 54. The third-order valence-electron chi connectivity index (χ3n) is 14.1. The van der Waals surface area contributed by atoms with Gasteiger partial charge in [-0.1, -0.05) is 298 Å². The summed E-state index contributed by atoms with van der Waals surface area (Å²) >= 11 is 0. The molecular weight excluding hydrogens is 817 g/mol. The summed E-state index contributed by atoms with van der Waals surface area (Å²) in [6, 6.07) is 0. The molecule has 0 aromatic heterocycles. The summed E-state index contributed by atoms with van der Waals surface area (Å²) in [6.45, 7) is 11.5. The van der Waals surface area contributed by atoms with Crippen LogP contribution < -0.4 is 0 Å². The lowest BCUT2D eigenvalue weighted by molar-refractivity contribution is -0.167. The molecule has 66 heavy (non-hydrogen) atoms. The molecule has 392 valence electrons. The average molecular weight is 934 g/mol. The van der Waals surface area contributed by atoms with E-state index < -0.39 is 6.10 Å². The van der Waals surface area contributed by atoms with Gasteiger partial charge in [-0.3, -0.25) is 14.4 Å². The number of hydrogen-bond donors (Lipinski definition) is 0. The Morgan fingerprint density at radius 3 is 0.864 bits per heavy atom. The maximum atomic E-state index is 12.9. The summed E-state index contributed by atoms with van der Waals surface area (Å²) in [5.41, 5.74) is 0. The largest absolute Gasteiger partial charge is 0.462 e. The molecule has 1 unspecified atom stereocenters. The van der Waals surface area contributed by atoms with E-state index >= 15 is 0 Å². The van der Waals surface area contributed by atoms with E-state index in [0.29, 0.717) is 19.3 Å². The Bertz CT molecular complexity index is 1010. The number of carbonyl (C=O) groups excluding carboxylic acids is 3. The van der Waals surface area contributed by atoms with Gasteiger partial charge in [0, 0.05) is 19.3 Å². The molecule has 0 amide bonds. The molecule has 0 radical (unpaired) electrons. The minimum Gasteiger partial charge on any atom is -0.462 e. The summed E-state index contributed by atoms with van der Waals surface area (Å²) < 4.78 is 16.9. The number of hydrogen-bond acceptors (Lipinski definition) is 6. The Morgan fingerprint density at radius 1 is 0.318 bits per heavy atom. The van der Waals surface area contributed by atoms with Gasteiger partial charge in [0.15, 0.2) is 6.10 Å². The van der Waals surface area contributed by atoms with Gasteiger partial charge in [0.1, 0.15) is 13.2 Å². The first-order chi connectivity index (χ1) is 32.3. The van der Waals surface area contributed by atoms with Crippen LogP contribution in [0.1, 0.15) is 336 Å². The van der Waals surface area contributed by atoms with Crippen LogP contribution >= 0.6 is 0 Å². The van der Waals surface area contributed by atoms with E-state index in [1.54, 1.807) is 0 Å². The molecular formula is C60H116O6. The van der Waals surface area contributed by atoms with Crippen LogP contribution in [0.4, 0.5) is 0 Å². The summed E-state index contributed by atoms with van der Waals surface area (Å²) in [5, 5.41) is 0. The Hall–Kier alpha value is -1.59. The minimum atomic E-state index is -0.763. The van der Waals surface area contributed by atoms with E-state index in [0.717, 1.165) is 69.6 Å². The second-order valence-corrected chi connectivity index (χ2v) is 21.4. The van der Waals surface area contributed by atoms with Crippen LogP contribution in [-0.4, -0.2) is 37.2 Å². The second kappa shape index (κ2) is 52.8. The number of unbranched alkanes of at least 4 members (excludes halogenated alkanes) is 38. The van der Waals surface area contributed by atoms with E-state index in [4.69, 9.17) is 14.2 Å². The van der Waals surface area contributed by atoms with Crippen molar-refractivity contribution in [2.75, 3.05) is 13.2 Å². The van der Waals surface area contributed by atoms with E-state index in [-0.39, 0.29) is 31.1 Å². The molecule has 0 heterocycles. The third kappa shape index (κ3) is 51.8. The summed E-state index contributed by atoms with van der Waals surface area (Å²) in [7, 11) is 0. The van der Waals surface area contributed by atoms with Crippen molar-refractivity contribution < 1.29 is 28.6 Å². The SMILES string of the molecule is CCCCCCCCCCCCCCCCC(=O)O[C@H](COC(=O)CCCCCCCCCCCCCCCCC(C)CC)COC(=O)CCCCCCCCCCCCCCCC(C)C. The standard InChI is InChI=1S/C60H116O6/c1-6-8-9-10-11-12-13-14-20-27-32-37-42-47-52-60(63)66-57(54-65-59(62)51-46-41-36-31-26-22-17-18-23-28-33-38-43-48-55(3)4)53-64-58(61)50-45-40-35-30-25-21-16-15-19-24-29-34-39-44-49-56(5)7-2/h55-57H,6-54H2,1-5H3/t56?,57-/m1/s1. The molecule has 2 atom stereocenters. The molecule has 0 bridgehead atoms. The van der Waals surface area contributed by atoms with Crippen LogP contribution in [0.5, 0.6) is 0 Å². The molecule has 0 aliphatic heterocycles. The monoisotopic (exact) mass is 933 g/mol. The van der Waals surface area contributed by atoms with Gasteiger partial charge in [-0.2, -0.15) is 0 Å². The van der Waals surface area contributed by atoms with Crippen molar-refractivity contribution >= 4 is 17.9 Å². The number of ether oxygens (including phenoxy) is 3. The van der Waals surface area contributed by atoms with E-state index in [2.05, 4.69) is 34.6 Å². The molecule has 0 spiro atoms. The van der Waals surface area contributed by atoms with Crippen molar-refractivity contribution in [3.05, 3.63) is 0 Å². The second-order valence-electron chi connectivity index (χ2n) is 21.4. The molecule has 0 aliphatic rings. The van der Waals surface area contributed by atoms with Crippen LogP contribution in [0, 0.1) is 11.8 Å². The molecule has 0 N–H and O–H groups in total. The Morgan fingerprint density at radius 2 is 0.576 bits per heavy atom. The van der Waals surface area contributed by atoms with Crippen LogP contribution in [0.15, 0.2) is 0 Å². The van der Waals surface area contributed by atoms with Gasteiger partial charge >= 0.3 is 17.9 Å². The van der Waals surface area contributed by atoms with Crippen LogP contribution in [0.25, 0.3) is 0 Å². The quantitative estimate of drug-likeness (QED) is 0.0343. The third-order valence-corrected chi connectivity index (χ3v) is 14.1. The van der Waals surface area contributed by atoms with Crippen LogP contribution in [0.2, 0.25) is 0 Å². The van der Waals surface area contributed by atoms with Gasteiger partial charge < -0.3 is 14.2 Å². The summed E-state index contributed by atoms with van der Waals surface area (Å²) in [6.07, 6.45) is 56.5. The van der Waals surface area contributed by atoms with Gasteiger partial charge in [0.25, 0.3) is 0 Å². The first kappa shape index (κ1) is 64.4. The lowest BCUT2D eigenvalue weighted by Crippen LogP contribution is -2.30. The van der Waals surface area contributed by atoms with Crippen molar-refractivity contribution in [3.63, 3.8) is 0 Å². The fourth-order valence-corrected chi connectivity index (χ4v) is 9.20. The van der Waals surface area contributed by atoms with Crippen molar-refractivity contribution in [3.8, 4) is 0 Å². The molecule has 0 aromatic carbocycles. The van der Waals surface area contributed by atoms with Crippen molar-refractivity contribution in [1.29, 1.82) is 0 Å². The smallest absolute Gasteiger partial charge is 0.306 e. The number of esters is 3. The molecule has 6 heteroatoms. The lowest BCUT2D eigenvalue weighted by Gasteiger charge is -2.18. The Kier molecular flexibility index (Phi) is 51.5. The average Bonchev–Trinajstić information content (AvgIpc) is 3.30. The molecule has 0 aliphatic carbocycles. The molecule has 0 aromatic rings. The van der Waals surface area contributed by atoms with Gasteiger partial charge in [-0.15, -0.1) is 0 Å². The molecule has 0 saturated heterocycles. The maximum Gasteiger partial charge on any atom is 0.306 e. The first-order valence-corrected chi connectivity index (χ1v) is 29.8. The Balaban J connectivity index is 4.29. The molecule has 6 nitrogen and oxygen atoms in total. The zero-order valence-electron chi connectivity index (χ0n) is 45.3. The van der Waals surface area contributed by atoms with Crippen molar-refractivity contribution in [1.82, 2.24) is 0 Å².